The van der Waals surface area contributed by atoms with Gasteiger partial charge in [0.15, 0.2) is 0 Å². The molecule has 1 aromatic carbocycles. The van der Waals surface area contributed by atoms with E-state index in [1.165, 1.54) is 19.3 Å². The monoisotopic (exact) mass is 361 g/mol. The summed E-state index contributed by atoms with van der Waals surface area (Å²) in [4.78, 5) is 0. The fourth-order valence-corrected chi connectivity index (χ4v) is 4.00. The zero-order valence-electron chi connectivity index (χ0n) is 13.1. The lowest BCUT2D eigenvalue weighted by molar-refractivity contribution is 0.00831. The van der Waals surface area contributed by atoms with Crippen molar-refractivity contribution < 1.29 is 4.74 Å². The van der Waals surface area contributed by atoms with Crippen LogP contribution in [0.5, 0.6) is 0 Å². The molecule has 2 nitrogen and oxygen atoms in total. The Morgan fingerprint density at radius 1 is 1.23 bits per heavy atom. The Balaban J connectivity index is 1.81. The topological polar surface area (TPSA) is 21.3 Å². The van der Waals surface area contributed by atoms with Crippen molar-refractivity contribution in [2.75, 3.05) is 18.2 Å². The van der Waals surface area contributed by atoms with Crippen LogP contribution in [0.25, 0.3) is 0 Å². The molecule has 0 radical (unpaired) electrons. The summed E-state index contributed by atoms with van der Waals surface area (Å²) in [5.41, 5.74) is 0.993. The molecule has 0 aromatic heterocycles. The molecule has 0 amide bonds. The fourth-order valence-electron chi connectivity index (χ4n) is 2.88. The maximum Gasteiger partial charge on any atom is 0.0728 e. The lowest BCUT2D eigenvalue weighted by atomic mass is 9.92. The molecule has 1 aromatic rings. The van der Waals surface area contributed by atoms with Gasteiger partial charge in [0.2, 0.25) is 0 Å². The van der Waals surface area contributed by atoms with Crippen molar-refractivity contribution in [2.24, 2.45) is 0 Å². The minimum Gasteiger partial charge on any atom is -0.376 e. The Bertz CT molecular complexity index is 438. The van der Waals surface area contributed by atoms with Crippen LogP contribution in [0.1, 0.15) is 38.2 Å². The molecule has 1 aliphatic carbocycles. The molecule has 5 heteroatoms. The summed E-state index contributed by atoms with van der Waals surface area (Å²) in [7, 11) is 0. The Morgan fingerprint density at radius 3 is 2.68 bits per heavy atom. The van der Waals surface area contributed by atoms with Crippen LogP contribution in [0, 0.1) is 0 Å². The molecule has 1 fully saturated rings. The quantitative estimate of drug-likeness (QED) is 0.510. The van der Waals surface area contributed by atoms with Crippen LogP contribution in [0.15, 0.2) is 18.2 Å². The summed E-state index contributed by atoms with van der Waals surface area (Å²) in [5, 5.41) is 5.09. The van der Waals surface area contributed by atoms with Gasteiger partial charge in [0.05, 0.1) is 12.7 Å². The van der Waals surface area contributed by atoms with Crippen molar-refractivity contribution in [2.45, 2.75) is 51.2 Å². The lowest BCUT2D eigenvalue weighted by Crippen LogP contribution is -2.43. The van der Waals surface area contributed by atoms with Crippen LogP contribution < -0.4 is 5.32 Å². The third kappa shape index (κ3) is 5.61. The summed E-state index contributed by atoms with van der Waals surface area (Å²) >= 11 is 14.3. The van der Waals surface area contributed by atoms with E-state index in [4.69, 9.17) is 27.9 Å². The van der Waals surface area contributed by atoms with Gasteiger partial charge in [-0.2, -0.15) is 0 Å². The van der Waals surface area contributed by atoms with E-state index in [1.54, 1.807) is 0 Å². The number of benzene rings is 1. The zero-order valence-corrected chi connectivity index (χ0v) is 15.4. The number of ether oxygens (including phenoxy) is 1. The van der Waals surface area contributed by atoms with Crippen LogP contribution in [0.4, 0.5) is 0 Å². The predicted octanol–water partition coefficient (Wildman–Crippen LogP) is 5.16. The molecule has 0 saturated heterocycles. The molecule has 0 spiro atoms. The standard InChI is InChI=1S/C17H25Cl2NOS/c1-2-22-12-20-16-8-3-4-9-17(16)21-11-10-13-14(18)6-5-7-15(13)19/h5-7,16-17,20H,2-4,8-12H2,1H3/t16-,17?/m1/s1. The van der Waals surface area contributed by atoms with Crippen molar-refractivity contribution in [3.63, 3.8) is 0 Å². The van der Waals surface area contributed by atoms with Gasteiger partial charge in [0.1, 0.15) is 0 Å². The highest BCUT2D eigenvalue weighted by Crippen LogP contribution is 2.26. The van der Waals surface area contributed by atoms with E-state index in [0.717, 1.165) is 40.1 Å². The predicted molar refractivity (Wildman–Crippen MR) is 98.3 cm³/mol. The molecule has 1 unspecified atom stereocenters. The van der Waals surface area contributed by atoms with E-state index in [0.29, 0.717) is 18.8 Å². The second-order valence-corrected chi connectivity index (χ2v) is 7.68. The maximum absolute atomic E-state index is 6.21. The zero-order chi connectivity index (χ0) is 15.8. The van der Waals surface area contributed by atoms with E-state index in [-0.39, 0.29) is 0 Å². The Kier molecular flexibility index (Phi) is 8.40. The molecule has 124 valence electrons. The van der Waals surface area contributed by atoms with Gasteiger partial charge in [0.25, 0.3) is 0 Å². The first-order valence-electron chi connectivity index (χ1n) is 8.08. The molecular formula is C17H25Cl2NOS. The highest BCUT2D eigenvalue weighted by Gasteiger charge is 2.25. The molecule has 2 atom stereocenters. The van der Waals surface area contributed by atoms with Crippen molar-refractivity contribution in [1.29, 1.82) is 0 Å². The summed E-state index contributed by atoms with van der Waals surface area (Å²) < 4.78 is 6.15. The first-order valence-corrected chi connectivity index (χ1v) is 9.99. The van der Waals surface area contributed by atoms with Gasteiger partial charge in [-0.1, -0.05) is 49.0 Å². The van der Waals surface area contributed by atoms with E-state index >= 15 is 0 Å². The summed E-state index contributed by atoms with van der Waals surface area (Å²) in [6, 6.07) is 6.13. The van der Waals surface area contributed by atoms with Crippen LogP contribution in [0.3, 0.4) is 0 Å². The van der Waals surface area contributed by atoms with Gasteiger partial charge in [-0.25, -0.2) is 0 Å². The maximum atomic E-state index is 6.21. The molecule has 0 bridgehead atoms. The normalized spacial score (nSPS) is 22.0. The van der Waals surface area contributed by atoms with Crippen molar-refractivity contribution in [3.8, 4) is 0 Å². The van der Waals surface area contributed by atoms with Crippen LogP contribution >= 0.6 is 35.0 Å². The fraction of sp³-hybridized carbons (Fsp3) is 0.647. The molecule has 2 rings (SSSR count). The number of thioether (sulfide) groups is 1. The van der Waals surface area contributed by atoms with Crippen LogP contribution in [0.2, 0.25) is 10.0 Å². The lowest BCUT2D eigenvalue weighted by Gasteiger charge is -2.32. The van der Waals surface area contributed by atoms with Gasteiger partial charge in [-0.3, -0.25) is 0 Å². The third-order valence-corrected chi connectivity index (χ3v) is 5.59. The number of rotatable bonds is 8. The Hall–Kier alpha value is 0.0700. The van der Waals surface area contributed by atoms with Crippen molar-refractivity contribution >= 4 is 35.0 Å². The summed E-state index contributed by atoms with van der Waals surface area (Å²) in [5.74, 6) is 2.16. The highest BCUT2D eigenvalue weighted by molar-refractivity contribution is 7.99. The molecule has 1 N–H and O–H groups in total. The molecule has 0 aliphatic heterocycles. The second-order valence-electron chi connectivity index (χ2n) is 5.59. The minimum absolute atomic E-state index is 0.312. The van der Waals surface area contributed by atoms with Gasteiger partial charge in [0, 0.05) is 22.0 Å². The number of hydrogen-bond donors (Lipinski definition) is 1. The highest BCUT2D eigenvalue weighted by atomic mass is 35.5. The van der Waals surface area contributed by atoms with E-state index in [2.05, 4.69) is 12.2 Å². The molecule has 22 heavy (non-hydrogen) atoms. The average Bonchev–Trinajstić information content (AvgIpc) is 2.52. The van der Waals surface area contributed by atoms with Crippen LogP contribution in [-0.4, -0.2) is 30.4 Å². The smallest absolute Gasteiger partial charge is 0.0728 e. The van der Waals surface area contributed by atoms with E-state index in [1.807, 2.05) is 30.0 Å². The molecular weight excluding hydrogens is 337 g/mol. The van der Waals surface area contributed by atoms with Gasteiger partial charge in [-0.15, -0.1) is 11.8 Å². The number of halogens is 2. The van der Waals surface area contributed by atoms with E-state index in [9.17, 15) is 0 Å². The second kappa shape index (κ2) is 10.0. The third-order valence-electron chi connectivity index (χ3n) is 4.10. The molecule has 1 saturated carbocycles. The summed E-state index contributed by atoms with van der Waals surface area (Å²) in [6.45, 7) is 2.86. The van der Waals surface area contributed by atoms with Crippen LogP contribution in [-0.2, 0) is 11.2 Å². The van der Waals surface area contributed by atoms with Gasteiger partial charge in [-0.05, 0) is 42.7 Å². The van der Waals surface area contributed by atoms with Gasteiger partial charge >= 0.3 is 0 Å². The average molecular weight is 362 g/mol. The first kappa shape index (κ1) is 18.4. The summed E-state index contributed by atoms with van der Waals surface area (Å²) in [6.07, 6.45) is 5.99. The largest absolute Gasteiger partial charge is 0.376 e. The van der Waals surface area contributed by atoms with Crippen molar-refractivity contribution in [1.82, 2.24) is 5.32 Å². The minimum atomic E-state index is 0.312. The number of nitrogens with one attached hydrogen (secondary N) is 1. The molecule has 1 aliphatic rings. The SMILES string of the molecule is CCSCN[C@@H]1CCCCC1OCCc1c(Cl)cccc1Cl. The van der Waals surface area contributed by atoms with E-state index < -0.39 is 0 Å². The first-order chi connectivity index (χ1) is 10.7. The Morgan fingerprint density at radius 2 is 1.95 bits per heavy atom. The number of hydrogen-bond acceptors (Lipinski definition) is 3. The van der Waals surface area contributed by atoms with Crippen molar-refractivity contribution in [3.05, 3.63) is 33.8 Å². The molecule has 0 heterocycles. The van der Waals surface area contributed by atoms with Gasteiger partial charge < -0.3 is 10.1 Å². The Labute approximate surface area is 148 Å².